The number of carbonyl (C=O) groups is 2. The van der Waals surface area contributed by atoms with Gasteiger partial charge in [-0.15, -0.1) is 0 Å². The number of benzene rings is 1. The molecule has 108 valence electrons. The van der Waals surface area contributed by atoms with E-state index >= 15 is 0 Å². The van der Waals surface area contributed by atoms with Crippen molar-refractivity contribution in [1.82, 2.24) is 10.6 Å². The van der Waals surface area contributed by atoms with Gasteiger partial charge in [-0.1, -0.05) is 12.1 Å². The highest BCUT2D eigenvalue weighted by molar-refractivity contribution is 5.87. The molecule has 1 heterocycles. The third-order valence-electron chi connectivity index (χ3n) is 3.15. The maximum absolute atomic E-state index is 11.8. The Morgan fingerprint density at radius 2 is 2.10 bits per heavy atom. The molecule has 0 aliphatic carbocycles. The van der Waals surface area contributed by atoms with Crippen LogP contribution in [0, 0.1) is 0 Å². The lowest BCUT2D eigenvalue weighted by molar-refractivity contribution is -0.125. The molecule has 1 aromatic rings. The zero-order valence-electron chi connectivity index (χ0n) is 11.1. The van der Waals surface area contributed by atoms with Gasteiger partial charge in [0.05, 0.1) is 18.8 Å². The molecule has 0 radical (unpaired) electrons. The van der Waals surface area contributed by atoms with Gasteiger partial charge in [-0.2, -0.15) is 0 Å². The summed E-state index contributed by atoms with van der Waals surface area (Å²) in [4.78, 5) is 22.5. The van der Waals surface area contributed by atoms with E-state index in [-0.39, 0.29) is 17.5 Å². The first-order chi connectivity index (χ1) is 9.66. The van der Waals surface area contributed by atoms with E-state index in [9.17, 15) is 9.59 Å². The molecule has 2 rings (SSSR count). The van der Waals surface area contributed by atoms with Gasteiger partial charge in [0.25, 0.3) is 0 Å². The second-order valence-electron chi connectivity index (χ2n) is 4.62. The fourth-order valence-corrected chi connectivity index (χ4v) is 2.00. The average Bonchev–Trinajstić information content (AvgIpc) is 2.48. The number of nitrogens with one attached hydrogen (secondary N) is 2. The van der Waals surface area contributed by atoms with E-state index in [1.165, 1.54) is 0 Å². The molecule has 6 nitrogen and oxygen atoms in total. The first kappa shape index (κ1) is 14.5. The van der Waals surface area contributed by atoms with Crippen LogP contribution in [0.15, 0.2) is 24.3 Å². The van der Waals surface area contributed by atoms with Crippen LogP contribution in [0.2, 0.25) is 0 Å². The van der Waals surface area contributed by atoms with Crippen molar-refractivity contribution >= 4 is 11.9 Å². The van der Waals surface area contributed by atoms with Crippen molar-refractivity contribution in [3.63, 3.8) is 0 Å². The van der Waals surface area contributed by atoms with Gasteiger partial charge < -0.3 is 20.5 Å². The Balaban J connectivity index is 1.74. The predicted molar refractivity (Wildman–Crippen MR) is 72.7 cm³/mol. The van der Waals surface area contributed by atoms with Gasteiger partial charge in [-0.3, -0.25) is 4.79 Å². The maximum atomic E-state index is 11.8. The second-order valence-corrected chi connectivity index (χ2v) is 4.62. The molecule has 1 aliphatic heterocycles. The van der Waals surface area contributed by atoms with Crippen molar-refractivity contribution in [2.24, 2.45) is 0 Å². The molecule has 1 unspecified atom stereocenters. The molecule has 3 N–H and O–H groups in total. The van der Waals surface area contributed by atoms with Crippen molar-refractivity contribution in [1.29, 1.82) is 0 Å². The highest BCUT2D eigenvalue weighted by Crippen LogP contribution is 2.05. The molecule has 1 aliphatic rings. The first-order valence-electron chi connectivity index (χ1n) is 6.58. The highest BCUT2D eigenvalue weighted by atomic mass is 16.5. The zero-order valence-corrected chi connectivity index (χ0v) is 11.1. The lowest BCUT2D eigenvalue weighted by Gasteiger charge is -2.22. The third kappa shape index (κ3) is 4.04. The molecule has 1 fully saturated rings. The third-order valence-corrected chi connectivity index (χ3v) is 3.15. The Bertz CT molecular complexity index is 467. The van der Waals surface area contributed by atoms with E-state index in [1.54, 1.807) is 24.3 Å². The first-order valence-corrected chi connectivity index (χ1v) is 6.58. The number of amides is 1. The van der Waals surface area contributed by atoms with E-state index in [0.29, 0.717) is 32.7 Å². The number of morpholine rings is 1. The minimum Gasteiger partial charge on any atom is -0.478 e. The van der Waals surface area contributed by atoms with Crippen molar-refractivity contribution in [3.8, 4) is 0 Å². The normalized spacial score (nSPS) is 18.5. The zero-order chi connectivity index (χ0) is 14.4. The van der Waals surface area contributed by atoms with Crippen LogP contribution in [0.5, 0.6) is 0 Å². The minimum absolute atomic E-state index is 0.0631. The van der Waals surface area contributed by atoms with Crippen molar-refractivity contribution < 1.29 is 19.4 Å². The van der Waals surface area contributed by atoms with Crippen LogP contribution in [0.25, 0.3) is 0 Å². The molecular formula is C14H18N2O4. The Morgan fingerprint density at radius 1 is 1.35 bits per heavy atom. The maximum Gasteiger partial charge on any atom is 0.335 e. The summed E-state index contributed by atoms with van der Waals surface area (Å²) in [6.07, 6.45) is 0.666. The van der Waals surface area contributed by atoms with Crippen LogP contribution in [-0.2, 0) is 16.0 Å². The number of ether oxygens (including phenoxy) is 1. The van der Waals surface area contributed by atoms with Gasteiger partial charge in [0.1, 0.15) is 6.04 Å². The molecule has 0 bridgehead atoms. The van der Waals surface area contributed by atoms with Gasteiger partial charge in [0.15, 0.2) is 0 Å². The van der Waals surface area contributed by atoms with Crippen LogP contribution in [-0.4, -0.2) is 49.3 Å². The number of hydrogen-bond acceptors (Lipinski definition) is 4. The van der Waals surface area contributed by atoms with Crippen LogP contribution >= 0.6 is 0 Å². The summed E-state index contributed by atoms with van der Waals surface area (Å²) in [5.41, 5.74) is 1.25. The molecule has 6 heteroatoms. The monoisotopic (exact) mass is 278 g/mol. The molecule has 1 amide bonds. The van der Waals surface area contributed by atoms with E-state index in [4.69, 9.17) is 9.84 Å². The number of rotatable bonds is 5. The van der Waals surface area contributed by atoms with Crippen molar-refractivity contribution in [2.45, 2.75) is 12.5 Å². The van der Waals surface area contributed by atoms with Crippen LogP contribution < -0.4 is 10.6 Å². The molecular weight excluding hydrogens is 260 g/mol. The summed E-state index contributed by atoms with van der Waals surface area (Å²) in [6, 6.07) is 6.37. The number of carboxylic acids is 1. The Morgan fingerprint density at radius 3 is 2.70 bits per heavy atom. The van der Waals surface area contributed by atoms with Gasteiger partial charge in [0.2, 0.25) is 5.91 Å². The Labute approximate surface area is 117 Å². The minimum atomic E-state index is -0.937. The molecule has 1 atom stereocenters. The lowest BCUT2D eigenvalue weighted by atomic mass is 10.1. The second kappa shape index (κ2) is 7.02. The quantitative estimate of drug-likeness (QED) is 0.707. The topological polar surface area (TPSA) is 87.7 Å². The average molecular weight is 278 g/mol. The number of aromatic carboxylic acids is 1. The standard InChI is InChI=1S/C14H18N2O4/c17-13(12-9-20-8-7-15-12)16-6-5-10-1-3-11(4-2-10)14(18)19/h1-4,12,15H,5-9H2,(H,16,17)(H,18,19). The van der Waals surface area contributed by atoms with Crippen LogP contribution in [0.3, 0.4) is 0 Å². The number of carboxylic acid groups (broad SMARTS) is 1. The van der Waals surface area contributed by atoms with Crippen LogP contribution in [0.1, 0.15) is 15.9 Å². The summed E-state index contributed by atoms with van der Waals surface area (Å²) in [7, 11) is 0. The fourth-order valence-electron chi connectivity index (χ4n) is 2.00. The van der Waals surface area contributed by atoms with Gasteiger partial charge in [-0.05, 0) is 24.1 Å². The highest BCUT2D eigenvalue weighted by Gasteiger charge is 2.20. The molecule has 1 aromatic carbocycles. The van der Waals surface area contributed by atoms with Gasteiger partial charge >= 0.3 is 5.97 Å². The molecule has 0 spiro atoms. The molecule has 0 aromatic heterocycles. The summed E-state index contributed by atoms with van der Waals surface area (Å²) in [5, 5.41) is 14.7. The number of hydrogen-bond donors (Lipinski definition) is 3. The molecule has 20 heavy (non-hydrogen) atoms. The summed E-state index contributed by atoms with van der Waals surface area (Å²) >= 11 is 0. The van der Waals surface area contributed by atoms with Gasteiger partial charge in [-0.25, -0.2) is 4.79 Å². The largest absolute Gasteiger partial charge is 0.478 e. The molecule has 1 saturated heterocycles. The van der Waals surface area contributed by atoms with Gasteiger partial charge in [0, 0.05) is 13.1 Å². The SMILES string of the molecule is O=C(O)c1ccc(CCNC(=O)C2COCCN2)cc1. The summed E-state index contributed by atoms with van der Waals surface area (Å²) in [5.74, 6) is -1.000. The summed E-state index contributed by atoms with van der Waals surface area (Å²) in [6.45, 7) is 2.25. The van der Waals surface area contributed by atoms with Crippen LogP contribution in [0.4, 0.5) is 0 Å². The van der Waals surface area contributed by atoms with E-state index in [0.717, 1.165) is 5.56 Å². The fraction of sp³-hybridized carbons (Fsp3) is 0.429. The Kier molecular flexibility index (Phi) is 5.09. The van der Waals surface area contributed by atoms with E-state index < -0.39 is 5.97 Å². The van der Waals surface area contributed by atoms with Crippen molar-refractivity contribution in [3.05, 3.63) is 35.4 Å². The van der Waals surface area contributed by atoms with Crippen molar-refractivity contribution in [2.75, 3.05) is 26.3 Å². The summed E-state index contributed by atoms with van der Waals surface area (Å²) < 4.78 is 5.22. The lowest BCUT2D eigenvalue weighted by Crippen LogP contribution is -2.51. The smallest absolute Gasteiger partial charge is 0.335 e. The Hall–Kier alpha value is -1.92. The number of carbonyl (C=O) groups excluding carboxylic acids is 1. The van der Waals surface area contributed by atoms with E-state index in [2.05, 4.69) is 10.6 Å². The predicted octanol–water partition coefficient (Wildman–Crippen LogP) is 0.0319. The molecule has 0 saturated carbocycles. The van der Waals surface area contributed by atoms with E-state index in [1.807, 2.05) is 0 Å².